The van der Waals surface area contributed by atoms with E-state index < -0.39 is 11.8 Å². The monoisotopic (exact) mass is 400 g/mol. The number of carbonyl (C=O) groups is 2. The minimum atomic E-state index is -0.487. The van der Waals surface area contributed by atoms with Crippen molar-refractivity contribution < 1.29 is 14.3 Å². The topological polar surface area (TPSA) is 67.4 Å². The lowest BCUT2D eigenvalue weighted by atomic mass is 10.1. The summed E-state index contributed by atoms with van der Waals surface area (Å²) in [5, 5.41) is 5.59. The van der Waals surface area contributed by atoms with Crippen LogP contribution in [0, 0.1) is 13.8 Å². The molecule has 5 nitrogen and oxygen atoms in total. The number of hydrogen-bond acceptors (Lipinski definition) is 3. The van der Waals surface area contributed by atoms with Crippen LogP contribution in [0.1, 0.15) is 16.7 Å². The van der Waals surface area contributed by atoms with E-state index in [9.17, 15) is 9.59 Å². The summed E-state index contributed by atoms with van der Waals surface area (Å²) in [4.78, 5) is 25.9. The van der Waals surface area contributed by atoms with Crippen LogP contribution in [0.25, 0.3) is 6.08 Å². The van der Waals surface area contributed by atoms with E-state index in [1.54, 1.807) is 61.7 Å². The minimum absolute atomic E-state index is 0.00122. The molecule has 0 unspecified atom stereocenters. The Bertz CT molecular complexity index is 990. The van der Waals surface area contributed by atoms with E-state index in [0.717, 1.165) is 11.1 Å². The number of anilines is 2. The Morgan fingerprint density at radius 1 is 0.700 bits per heavy atom. The van der Waals surface area contributed by atoms with E-state index in [1.807, 2.05) is 38.1 Å². The van der Waals surface area contributed by atoms with E-state index in [1.165, 1.54) is 0 Å². The molecule has 0 spiro atoms. The van der Waals surface area contributed by atoms with Gasteiger partial charge in [0.2, 0.25) is 0 Å². The molecule has 30 heavy (non-hydrogen) atoms. The third-order valence-corrected chi connectivity index (χ3v) is 4.53. The van der Waals surface area contributed by atoms with Gasteiger partial charge in [0.25, 0.3) is 11.8 Å². The lowest BCUT2D eigenvalue weighted by Gasteiger charge is -2.11. The van der Waals surface area contributed by atoms with Crippen molar-refractivity contribution in [2.24, 2.45) is 0 Å². The molecular weight excluding hydrogens is 376 g/mol. The van der Waals surface area contributed by atoms with E-state index in [2.05, 4.69) is 10.6 Å². The number of nitrogens with one attached hydrogen (secondary N) is 2. The first-order valence-corrected chi connectivity index (χ1v) is 9.56. The van der Waals surface area contributed by atoms with Gasteiger partial charge in [-0.05, 0) is 61.9 Å². The summed E-state index contributed by atoms with van der Waals surface area (Å²) in [7, 11) is 1.58. The number of amides is 2. The van der Waals surface area contributed by atoms with Crippen molar-refractivity contribution in [1.82, 2.24) is 0 Å². The van der Waals surface area contributed by atoms with E-state index >= 15 is 0 Å². The standard InChI is InChI=1S/C25H24N2O3/c1-17-4-10-20(11-5-17)26-24(28)23(16-19-8-14-22(30-3)15-9-19)25(29)27-21-12-6-18(2)7-13-21/h4-16H,1-3H3,(H,26,28)(H,27,29). The second-order valence-electron chi connectivity index (χ2n) is 6.97. The van der Waals surface area contributed by atoms with Crippen molar-refractivity contribution in [3.05, 3.63) is 95.1 Å². The molecule has 0 fully saturated rings. The molecule has 0 aliphatic carbocycles. The van der Waals surface area contributed by atoms with Crippen molar-refractivity contribution in [1.29, 1.82) is 0 Å². The second-order valence-corrected chi connectivity index (χ2v) is 6.97. The molecule has 2 amide bonds. The zero-order valence-corrected chi connectivity index (χ0v) is 17.2. The molecule has 2 N–H and O–H groups in total. The first kappa shape index (κ1) is 20.9. The van der Waals surface area contributed by atoms with Crippen LogP contribution in [0.4, 0.5) is 11.4 Å². The van der Waals surface area contributed by atoms with Crippen LogP contribution < -0.4 is 15.4 Å². The molecule has 0 atom stereocenters. The van der Waals surface area contributed by atoms with Crippen LogP contribution in [0.15, 0.2) is 78.4 Å². The highest BCUT2D eigenvalue weighted by Crippen LogP contribution is 2.18. The predicted molar refractivity (Wildman–Crippen MR) is 121 cm³/mol. The van der Waals surface area contributed by atoms with Crippen molar-refractivity contribution in [2.75, 3.05) is 17.7 Å². The van der Waals surface area contributed by atoms with E-state index in [4.69, 9.17) is 4.74 Å². The fraction of sp³-hybridized carbons (Fsp3) is 0.120. The molecule has 5 heteroatoms. The van der Waals surface area contributed by atoms with Gasteiger partial charge in [-0.2, -0.15) is 0 Å². The summed E-state index contributed by atoms with van der Waals surface area (Å²) in [5.74, 6) is -0.277. The van der Waals surface area contributed by atoms with Crippen LogP contribution >= 0.6 is 0 Å². The van der Waals surface area contributed by atoms with Crippen molar-refractivity contribution in [3.8, 4) is 5.75 Å². The largest absolute Gasteiger partial charge is 0.497 e. The Hall–Kier alpha value is -3.86. The summed E-state index contributed by atoms with van der Waals surface area (Å²) in [6, 6.07) is 21.9. The SMILES string of the molecule is COc1ccc(C=C(C(=O)Nc2ccc(C)cc2)C(=O)Nc2ccc(C)cc2)cc1. The zero-order chi connectivity index (χ0) is 21.5. The summed E-state index contributed by atoms with van der Waals surface area (Å²) in [6.07, 6.45) is 1.56. The van der Waals surface area contributed by atoms with Crippen LogP contribution in [-0.4, -0.2) is 18.9 Å². The van der Waals surface area contributed by atoms with Crippen LogP contribution in [0.2, 0.25) is 0 Å². The lowest BCUT2D eigenvalue weighted by Crippen LogP contribution is -2.25. The second kappa shape index (κ2) is 9.56. The van der Waals surface area contributed by atoms with Gasteiger partial charge in [0, 0.05) is 11.4 Å². The van der Waals surface area contributed by atoms with Crippen molar-refractivity contribution in [2.45, 2.75) is 13.8 Å². The van der Waals surface area contributed by atoms with Gasteiger partial charge in [0.1, 0.15) is 11.3 Å². The molecule has 3 aromatic carbocycles. The molecular formula is C25H24N2O3. The van der Waals surface area contributed by atoms with Gasteiger partial charge in [-0.3, -0.25) is 9.59 Å². The summed E-state index contributed by atoms with van der Waals surface area (Å²) < 4.78 is 5.17. The molecule has 3 rings (SSSR count). The Labute approximate surface area is 176 Å². The molecule has 0 aromatic heterocycles. The fourth-order valence-corrected chi connectivity index (χ4v) is 2.77. The number of rotatable bonds is 6. The molecule has 0 heterocycles. The van der Waals surface area contributed by atoms with Crippen LogP contribution in [0.5, 0.6) is 5.75 Å². The maximum Gasteiger partial charge on any atom is 0.261 e. The number of hydrogen-bond donors (Lipinski definition) is 2. The Kier molecular flexibility index (Phi) is 6.65. The number of benzene rings is 3. The van der Waals surface area contributed by atoms with Gasteiger partial charge in [0.15, 0.2) is 0 Å². The van der Waals surface area contributed by atoms with Crippen LogP contribution in [-0.2, 0) is 9.59 Å². The molecule has 3 aromatic rings. The highest BCUT2D eigenvalue weighted by atomic mass is 16.5. The van der Waals surface area contributed by atoms with Gasteiger partial charge >= 0.3 is 0 Å². The zero-order valence-electron chi connectivity index (χ0n) is 17.2. The van der Waals surface area contributed by atoms with Crippen LogP contribution in [0.3, 0.4) is 0 Å². The first-order chi connectivity index (χ1) is 14.4. The summed E-state index contributed by atoms with van der Waals surface area (Å²) in [6.45, 7) is 3.94. The Morgan fingerprint density at radius 2 is 1.13 bits per heavy atom. The number of carbonyl (C=O) groups excluding carboxylic acids is 2. The number of aryl methyl sites for hydroxylation is 2. The van der Waals surface area contributed by atoms with Gasteiger partial charge in [-0.1, -0.05) is 47.5 Å². The van der Waals surface area contributed by atoms with Gasteiger partial charge in [0.05, 0.1) is 7.11 Å². The Morgan fingerprint density at radius 3 is 1.53 bits per heavy atom. The third-order valence-electron chi connectivity index (χ3n) is 4.53. The quantitative estimate of drug-likeness (QED) is 0.349. The number of ether oxygens (including phenoxy) is 1. The van der Waals surface area contributed by atoms with Gasteiger partial charge in [-0.15, -0.1) is 0 Å². The van der Waals surface area contributed by atoms with Gasteiger partial charge < -0.3 is 15.4 Å². The maximum absolute atomic E-state index is 12.9. The Balaban J connectivity index is 1.88. The molecule has 0 saturated carbocycles. The molecule has 0 bridgehead atoms. The van der Waals surface area contributed by atoms with Crippen molar-refractivity contribution >= 4 is 29.3 Å². The predicted octanol–water partition coefficient (Wildman–Crippen LogP) is 4.97. The molecule has 0 radical (unpaired) electrons. The summed E-state index contributed by atoms with van der Waals surface area (Å²) in [5.41, 5.74) is 4.12. The average molecular weight is 400 g/mol. The maximum atomic E-state index is 12.9. The smallest absolute Gasteiger partial charge is 0.261 e. The minimum Gasteiger partial charge on any atom is -0.497 e. The molecule has 0 aliphatic rings. The molecule has 0 saturated heterocycles. The number of methoxy groups -OCH3 is 1. The van der Waals surface area contributed by atoms with Crippen molar-refractivity contribution in [3.63, 3.8) is 0 Å². The summed E-state index contributed by atoms with van der Waals surface area (Å²) >= 11 is 0. The highest BCUT2D eigenvalue weighted by molar-refractivity contribution is 6.28. The van der Waals surface area contributed by atoms with E-state index in [0.29, 0.717) is 22.7 Å². The molecule has 152 valence electrons. The van der Waals surface area contributed by atoms with E-state index in [-0.39, 0.29) is 5.57 Å². The molecule has 0 aliphatic heterocycles. The third kappa shape index (κ3) is 5.58. The average Bonchev–Trinajstić information content (AvgIpc) is 2.75. The lowest BCUT2D eigenvalue weighted by molar-refractivity contribution is -0.118. The normalized spacial score (nSPS) is 10.1. The fourth-order valence-electron chi connectivity index (χ4n) is 2.77. The van der Waals surface area contributed by atoms with Gasteiger partial charge in [-0.25, -0.2) is 0 Å². The highest BCUT2D eigenvalue weighted by Gasteiger charge is 2.19. The first-order valence-electron chi connectivity index (χ1n) is 9.56.